The van der Waals surface area contributed by atoms with Crippen molar-refractivity contribution in [1.29, 1.82) is 0 Å². The highest BCUT2D eigenvalue weighted by atomic mass is 35.5. The van der Waals surface area contributed by atoms with Crippen LogP contribution in [0.1, 0.15) is 24.9 Å². The summed E-state index contributed by atoms with van der Waals surface area (Å²) in [5.41, 5.74) is 1.14. The molecule has 0 saturated carbocycles. The molecule has 3 aromatic rings. The van der Waals surface area contributed by atoms with Crippen molar-refractivity contribution in [3.05, 3.63) is 69.5 Å². The highest BCUT2D eigenvalue weighted by molar-refractivity contribution is 6.31. The van der Waals surface area contributed by atoms with Gasteiger partial charge in [-0.25, -0.2) is 4.68 Å². The average molecular weight is 357 g/mol. The Morgan fingerprint density at radius 2 is 1.92 bits per heavy atom. The van der Waals surface area contributed by atoms with Gasteiger partial charge in [-0.2, -0.15) is 0 Å². The molecular formula is C18H17ClN4O2. The Morgan fingerprint density at radius 1 is 1.20 bits per heavy atom. The fourth-order valence-electron chi connectivity index (χ4n) is 2.59. The third-order valence-corrected chi connectivity index (χ3v) is 4.27. The van der Waals surface area contributed by atoms with Crippen molar-refractivity contribution < 1.29 is 4.79 Å². The van der Waals surface area contributed by atoms with E-state index < -0.39 is 0 Å². The Kier molecular flexibility index (Phi) is 5.09. The van der Waals surface area contributed by atoms with E-state index in [4.69, 9.17) is 11.6 Å². The number of benzene rings is 2. The molecule has 1 amide bonds. The fraction of sp³-hybridized carbons (Fsp3) is 0.222. The van der Waals surface area contributed by atoms with Gasteiger partial charge in [0.05, 0.1) is 18.0 Å². The van der Waals surface area contributed by atoms with Crippen LogP contribution < -0.4 is 10.9 Å². The Morgan fingerprint density at radius 3 is 2.72 bits per heavy atom. The number of carbonyl (C=O) groups is 1. The van der Waals surface area contributed by atoms with Gasteiger partial charge in [-0.15, -0.1) is 5.10 Å². The Hall–Kier alpha value is -2.73. The SMILES string of the molecule is C[C@H](NC(=O)CCn1nnc2ccccc2c1=O)c1ccccc1Cl. The van der Waals surface area contributed by atoms with Crippen LogP contribution in [0.2, 0.25) is 5.02 Å². The monoisotopic (exact) mass is 356 g/mol. The first-order chi connectivity index (χ1) is 12.1. The lowest BCUT2D eigenvalue weighted by Gasteiger charge is -2.15. The molecule has 0 bridgehead atoms. The number of nitrogens with one attached hydrogen (secondary N) is 1. The van der Waals surface area contributed by atoms with Gasteiger partial charge in [0.15, 0.2) is 0 Å². The van der Waals surface area contributed by atoms with Gasteiger partial charge in [-0.3, -0.25) is 9.59 Å². The van der Waals surface area contributed by atoms with Crippen LogP contribution in [0.3, 0.4) is 0 Å². The van der Waals surface area contributed by atoms with Crippen molar-refractivity contribution in [3.63, 3.8) is 0 Å². The molecule has 0 aliphatic heterocycles. The van der Waals surface area contributed by atoms with Crippen molar-refractivity contribution in [2.24, 2.45) is 0 Å². The summed E-state index contributed by atoms with van der Waals surface area (Å²) in [6, 6.07) is 14.1. The number of fused-ring (bicyclic) bond motifs is 1. The summed E-state index contributed by atoms with van der Waals surface area (Å²) in [7, 11) is 0. The molecule has 0 aliphatic rings. The summed E-state index contributed by atoms with van der Waals surface area (Å²) in [4.78, 5) is 24.5. The maximum absolute atomic E-state index is 12.3. The number of halogens is 1. The minimum absolute atomic E-state index is 0.127. The number of rotatable bonds is 5. The van der Waals surface area contributed by atoms with Gasteiger partial charge in [-0.05, 0) is 30.7 Å². The topological polar surface area (TPSA) is 76.9 Å². The summed E-state index contributed by atoms with van der Waals surface area (Å²) in [5.74, 6) is -0.186. The number of aryl methyl sites for hydroxylation is 1. The third kappa shape index (κ3) is 3.85. The van der Waals surface area contributed by atoms with Crippen molar-refractivity contribution in [3.8, 4) is 0 Å². The molecule has 1 aromatic heterocycles. The molecule has 2 aromatic carbocycles. The van der Waals surface area contributed by atoms with Crippen LogP contribution in [0.5, 0.6) is 0 Å². The minimum Gasteiger partial charge on any atom is -0.349 e. The van der Waals surface area contributed by atoms with E-state index in [0.717, 1.165) is 5.56 Å². The van der Waals surface area contributed by atoms with Crippen LogP contribution in [0.15, 0.2) is 53.3 Å². The minimum atomic E-state index is -0.252. The lowest BCUT2D eigenvalue weighted by Crippen LogP contribution is -2.30. The maximum Gasteiger partial charge on any atom is 0.277 e. The quantitative estimate of drug-likeness (QED) is 0.762. The van der Waals surface area contributed by atoms with Crippen LogP contribution in [0.4, 0.5) is 0 Å². The van der Waals surface area contributed by atoms with Gasteiger partial charge in [-0.1, -0.05) is 47.1 Å². The molecule has 0 spiro atoms. The molecule has 0 unspecified atom stereocenters. The average Bonchev–Trinajstić information content (AvgIpc) is 2.61. The van der Waals surface area contributed by atoms with E-state index >= 15 is 0 Å². The number of hydrogen-bond donors (Lipinski definition) is 1. The molecule has 128 valence electrons. The van der Waals surface area contributed by atoms with E-state index in [2.05, 4.69) is 15.6 Å². The Bertz CT molecular complexity index is 970. The second-order valence-electron chi connectivity index (χ2n) is 5.70. The Balaban J connectivity index is 1.66. The number of carbonyl (C=O) groups excluding carboxylic acids is 1. The molecule has 0 aliphatic carbocycles. The zero-order valence-corrected chi connectivity index (χ0v) is 14.4. The zero-order chi connectivity index (χ0) is 17.8. The van der Waals surface area contributed by atoms with E-state index in [9.17, 15) is 9.59 Å². The summed E-state index contributed by atoms with van der Waals surface area (Å²) in [5, 5.41) is 11.9. The van der Waals surface area contributed by atoms with Gasteiger partial charge in [0.25, 0.3) is 5.56 Å². The maximum atomic E-state index is 12.3. The number of amides is 1. The summed E-state index contributed by atoms with van der Waals surface area (Å²) in [6.07, 6.45) is 0.127. The van der Waals surface area contributed by atoms with Crippen LogP contribution in [0, 0.1) is 0 Å². The standard InChI is InChI=1S/C18H17ClN4O2/c1-12(13-6-2-4-8-15(13)19)20-17(24)10-11-23-18(25)14-7-3-5-9-16(14)21-22-23/h2-9,12H,10-11H2,1H3,(H,20,24)/t12-/m0/s1. The lowest BCUT2D eigenvalue weighted by atomic mass is 10.1. The molecule has 0 saturated heterocycles. The largest absolute Gasteiger partial charge is 0.349 e. The summed E-state index contributed by atoms with van der Waals surface area (Å²) >= 11 is 6.14. The first-order valence-corrected chi connectivity index (χ1v) is 8.30. The van der Waals surface area contributed by atoms with Crippen molar-refractivity contribution in [2.45, 2.75) is 25.9 Å². The molecule has 1 N–H and O–H groups in total. The number of hydrogen-bond acceptors (Lipinski definition) is 4. The first-order valence-electron chi connectivity index (χ1n) is 7.92. The molecule has 0 fully saturated rings. The highest BCUT2D eigenvalue weighted by Crippen LogP contribution is 2.22. The van der Waals surface area contributed by atoms with E-state index in [1.54, 1.807) is 30.3 Å². The molecule has 3 rings (SSSR count). The van der Waals surface area contributed by atoms with E-state index in [1.165, 1.54) is 4.68 Å². The summed E-state index contributed by atoms with van der Waals surface area (Å²) in [6.45, 7) is 2.03. The van der Waals surface area contributed by atoms with E-state index in [0.29, 0.717) is 15.9 Å². The molecule has 6 nitrogen and oxygen atoms in total. The predicted molar refractivity (Wildman–Crippen MR) is 96.4 cm³/mol. The number of nitrogens with zero attached hydrogens (tertiary/aromatic N) is 3. The second kappa shape index (κ2) is 7.44. The van der Waals surface area contributed by atoms with Crippen LogP contribution >= 0.6 is 11.6 Å². The smallest absolute Gasteiger partial charge is 0.277 e. The third-order valence-electron chi connectivity index (χ3n) is 3.93. The van der Waals surface area contributed by atoms with Gasteiger partial charge in [0, 0.05) is 11.4 Å². The van der Waals surface area contributed by atoms with Gasteiger partial charge in [0.2, 0.25) is 5.91 Å². The first kappa shape index (κ1) is 17.1. The number of aromatic nitrogens is 3. The Labute approximate surface area is 149 Å². The lowest BCUT2D eigenvalue weighted by molar-refractivity contribution is -0.122. The van der Waals surface area contributed by atoms with Crippen LogP contribution in [0.25, 0.3) is 10.9 Å². The molecule has 25 heavy (non-hydrogen) atoms. The van der Waals surface area contributed by atoms with E-state index in [1.807, 2.05) is 25.1 Å². The molecule has 1 atom stereocenters. The molecule has 1 heterocycles. The molecule has 0 radical (unpaired) electrons. The normalized spacial score (nSPS) is 12.1. The zero-order valence-electron chi connectivity index (χ0n) is 13.6. The molecular weight excluding hydrogens is 340 g/mol. The van der Waals surface area contributed by atoms with E-state index in [-0.39, 0.29) is 30.5 Å². The predicted octanol–water partition coefficient (Wildman–Crippen LogP) is 2.71. The van der Waals surface area contributed by atoms with Gasteiger partial charge in [0.1, 0.15) is 5.52 Å². The van der Waals surface area contributed by atoms with Gasteiger partial charge < -0.3 is 5.32 Å². The van der Waals surface area contributed by atoms with Crippen molar-refractivity contribution in [2.75, 3.05) is 0 Å². The van der Waals surface area contributed by atoms with Crippen LogP contribution in [-0.2, 0) is 11.3 Å². The summed E-state index contributed by atoms with van der Waals surface area (Å²) < 4.78 is 1.21. The highest BCUT2D eigenvalue weighted by Gasteiger charge is 2.13. The van der Waals surface area contributed by atoms with Crippen molar-refractivity contribution in [1.82, 2.24) is 20.3 Å². The van der Waals surface area contributed by atoms with Crippen molar-refractivity contribution >= 4 is 28.4 Å². The van der Waals surface area contributed by atoms with Gasteiger partial charge >= 0.3 is 0 Å². The molecule has 7 heteroatoms. The fourth-order valence-corrected chi connectivity index (χ4v) is 2.89. The van der Waals surface area contributed by atoms with Crippen LogP contribution in [-0.4, -0.2) is 20.9 Å². The second-order valence-corrected chi connectivity index (χ2v) is 6.10.